The molecule has 128 valence electrons. The van der Waals surface area contributed by atoms with Gasteiger partial charge < -0.3 is 0 Å². The van der Waals surface area contributed by atoms with Crippen molar-refractivity contribution >= 4 is 69.1 Å². The van der Waals surface area contributed by atoms with Gasteiger partial charge in [-0.05, 0) is 66.8 Å². The van der Waals surface area contributed by atoms with Gasteiger partial charge in [0.15, 0.2) is 4.32 Å². The second-order valence-corrected chi connectivity index (χ2v) is 8.44. The van der Waals surface area contributed by atoms with Crippen LogP contribution in [0, 0.1) is 13.8 Å². The van der Waals surface area contributed by atoms with Gasteiger partial charge in [-0.2, -0.15) is 5.01 Å². The zero-order chi connectivity index (χ0) is 18.1. The number of nitrogens with one attached hydrogen (secondary N) is 1. The molecule has 1 aromatic carbocycles. The molecule has 2 heterocycles. The molecule has 0 bridgehead atoms. The molecule has 0 unspecified atom stereocenters. The van der Waals surface area contributed by atoms with Gasteiger partial charge >= 0.3 is 0 Å². The Morgan fingerprint density at radius 2 is 2.08 bits per heavy atom. The van der Waals surface area contributed by atoms with E-state index >= 15 is 0 Å². The van der Waals surface area contributed by atoms with Crippen LogP contribution in [0.1, 0.15) is 26.4 Å². The first-order chi connectivity index (χ1) is 11.9. The Hall–Kier alpha value is -1.67. The molecule has 0 atom stereocenters. The zero-order valence-corrected chi connectivity index (χ0v) is 16.5. The Morgan fingerprint density at radius 1 is 1.32 bits per heavy atom. The number of nitrogens with zero attached hydrogens (tertiary/aromatic N) is 1. The molecular weight excluding hydrogens is 396 g/mol. The number of halogens is 1. The number of benzene rings is 1. The van der Waals surface area contributed by atoms with Crippen molar-refractivity contribution < 1.29 is 9.59 Å². The topological polar surface area (TPSA) is 49.4 Å². The number of rotatable bonds is 3. The number of hydrogen-bond acceptors (Lipinski definition) is 5. The molecule has 1 aromatic heterocycles. The number of hydrogen-bond donors (Lipinski definition) is 1. The summed E-state index contributed by atoms with van der Waals surface area (Å²) in [6.07, 6.45) is 1.80. The molecule has 1 fully saturated rings. The molecule has 0 radical (unpaired) electrons. The third-order valence-corrected chi connectivity index (χ3v) is 6.12. The average Bonchev–Trinajstić information content (AvgIpc) is 3.06. The summed E-state index contributed by atoms with van der Waals surface area (Å²) in [6, 6.07) is 7.08. The minimum Gasteiger partial charge on any atom is -0.267 e. The van der Waals surface area contributed by atoms with Crippen LogP contribution in [0.5, 0.6) is 0 Å². The normalized spacial score (nSPS) is 16.0. The first-order valence-electron chi connectivity index (χ1n) is 7.26. The van der Waals surface area contributed by atoms with E-state index < -0.39 is 5.91 Å². The van der Waals surface area contributed by atoms with E-state index in [4.69, 9.17) is 23.8 Å². The van der Waals surface area contributed by atoms with E-state index in [0.717, 1.165) is 32.8 Å². The highest BCUT2D eigenvalue weighted by atomic mass is 35.5. The summed E-state index contributed by atoms with van der Waals surface area (Å²) in [4.78, 5) is 26.5. The van der Waals surface area contributed by atoms with Crippen LogP contribution in [0.3, 0.4) is 0 Å². The summed E-state index contributed by atoms with van der Waals surface area (Å²) in [7, 11) is 0. The summed E-state index contributed by atoms with van der Waals surface area (Å²) < 4.78 is 0.280. The van der Waals surface area contributed by atoms with Gasteiger partial charge in [-0.3, -0.25) is 15.0 Å². The van der Waals surface area contributed by atoms with Gasteiger partial charge in [-0.25, -0.2) is 0 Å². The monoisotopic (exact) mass is 408 g/mol. The van der Waals surface area contributed by atoms with Gasteiger partial charge in [0.1, 0.15) is 0 Å². The molecule has 1 N–H and O–H groups in total. The molecule has 4 nitrogen and oxygen atoms in total. The quantitative estimate of drug-likeness (QED) is 0.597. The van der Waals surface area contributed by atoms with E-state index in [1.54, 1.807) is 35.6 Å². The summed E-state index contributed by atoms with van der Waals surface area (Å²) in [6.45, 7) is 3.86. The van der Waals surface area contributed by atoms with E-state index in [1.165, 1.54) is 0 Å². The summed E-state index contributed by atoms with van der Waals surface area (Å²) in [5, 5.41) is 3.38. The number of carbonyl (C=O) groups is 2. The molecule has 2 amide bonds. The van der Waals surface area contributed by atoms with E-state index in [-0.39, 0.29) is 10.2 Å². The number of hydrazine groups is 1. The summed E-state index contributed by atoms with van der Waals surface area (Å²) in [5.41, 5.74) is 4.87. The Balaban J connectivity index is 1.80. The van der Waals surface area contributed by atoms with Crippen molar-refractivity contribution in [3.63, 3.8) is 0 Å². The molecule has 0 saturated carbocycles. The second-order valence-electron chi connectivity index (χ2n) is 5.41. The third-order valence-electron chi connectivity index (χ3n) is 3.54. The van der Waals surface area contributed by atoms with Crippen LogP contribution in [-0.4, -0.2) is 21.1 Å². The van der Waals surface area contributed by atoms with Crippen molar-refractivity contribution in [1.82, 2.24) is 10.4 Å². The van der Waals surface area contributed by atoms with Crippen LogP contribution in [0.15, 0.2) is 34.6 Å². The third kappa shape index (κ3) is 3.79. The van der Waals surface area contributed by atoms with E-state index in [9.17, 15) is 9.59 Å². The van der Waals surface area contributed by atoms with Crippen molar-refractivity contribution in [2.75, 3.05) is 0 Å². The van der Waals surface area contributed by atoms with E-state index in [1.807, 2.05) is 25.3 Å². The first kappa shape index (κ1) is 18.1. The standard InChI is InChI=1S/C17H13ClN2O2S3/c1-9-3-4-11(12(18)7-9)15(21)19-20-16(22)14(25-17(20)23)8-13-10(2)5-6-24-13/h3-8H,1-2H3,(H,19,21)/b14-8+. The molecule has 1 aliphatic rings. The number of carbonyl (C=O) groups excluding carboxylic acids is 2. The van der Waals surface area contributed by atoms with Crippen molar-refractivity contribution in [3.8, 4) is 0 Å². The largest absolute Gasteiger partial charge is 0.285 e. The number of thioether (sulfide) groups is 1. The van der Waals surface area contributed by atoms with Crippen LogP contribution in [0.4, 0.5) is 0 Å². The lowest BCUT2D eigenvalue weighted by atomic mass is 10.1. The van der Waals surface area contributed by atoms with E-state index in [0.29, 0.717) is 15.5 Å². The SMILES string of the molecule is Cc1ccc(C(=O)NN2C(=O)/C(=C\c3sccc3C)SC2=S)c(Cl)c1. The fourth-order valence-electron chi connectivity index (χ4n) is 2.18. The molecule has 25 heavy (non-hydrogen) atoms. The highest BCUT2D eigenvalue weighted by Crippen LogP contribution is 2.33. The van der Waals surface area contributed by atoms with Gasteiger partial charge in [0, 0.05) is 4.88 Å². The lowest BCUT2D eigenvalue weighted by Crippen LogP contribution is -2.44. The maximum absolute atomic E-state index is 12.6. The molecule has 2 aromatic rings. The van der Waals surface area contributed by atoms with Gasteiger partial charge in [-0.1, -0.05) is 29.4 Å². The number of thiophene rings is 1. The maximum atomic E-state index is 12.6. The molecule has 1 aliphatic heterocycles. The highest BCUT2D eigenvalue weighted by molar-refractivity contribution is 8.26. The fraction of sp³-hybridized carbons (Fsp3) is 0.118. The first-order valence-corrected chi connectivity index (χ1v) is 9.74. The van der Waals surface area contributed by atoms with Crippen molar-refractivity contribution in [2.45, 2.75) is 13.8 Å². The average molecular weight is 409 g/mol. The maximum Gasteiger partial charge on any atom is 0.285 e. The van der Waals surface area contributed by atoms with Gasteiger partial charge in [0.2, 0.25) is 0 Å². The Labute approximate surface area is 163 Å². The van der Waals surface area contributed by atoms with Crippen LogP contribution in [0.2, 0.25) is 5.02 Å². The Bertz CT molecular complexity index is 920. The molecule has 8 heteroatoms. The van der Waals surface area contributed by atoms with Crippen molar-refractivity contribution in [2.24, 2.45) is 0 Å². The van der Waals surface area contributed by atoms with Crippen LogP contribution in [-0.2, 0) is 4.79 Å². The minimum atomic E-state index is -0.477. The minimum absolute atomic E-state index is 0.280. The van der Waals surface area contributed by atoms with Crippen molar-refractivity contribution in [3.05, 3.63) is 61.1 Å². The van der Waals surface area contributed by atoms with Crippen LogP contribution < -0.4 is 5.43 Å². The smallest absolute Gasteiger partial charge is 0.267 e. The molecule has 0 aliphatic carbocycles. The highest BCUT2D eigenvalue weighted by Gasteiger charge is 2.34. The molecular formula is C17H13ClN2O2S3. The van der Waals surface area contributed by atoms with Crippen LogP contribution in [0.25, 0.3) is 6.08 Å². The second kappa shape index (κ2) is 7.29. The fourth-order valence-corrected chi connectivity index (χ4v) is 4.60. The molecule has 3 rings (SSSR count). The number of amides is 2. The number of thiocarbonyl (C=S) groups is 1. The van der Waals surface area contributed by atoms with Gasteiger partial charge in [-0.15, -0.1) is 11.3 Å². The predicted octanol–water partition coefficient (Wildman–Crippen LogP) is 4.56. The van der Waals surface area contributed by atoms with E-state index in [2.05, 4.69) is 5.43 Å². The lowest BCUT2D eigenvalue weighted by molar-refractivity contribution is -0.123. The predicted molar refractivity (Wildman–Crippen MR) is 108 cm³/mol. The van der Waals surface area contributed by atoms with Crippen LogP contribution >= 0.6 is 46.9 Å². The Morgan fingerprint density at radius 3 is 2.72 bits per heavy atom. The summed E-state index contributed by atoms with van der Waals surface area (Å²) in [5.74, 6) is -0.825. The lowest BCUT2D eigenvalue weighted by Gasteiger charge is -2.16. The Kier molecular flexibility index (Phi) is 5.29. The summed E-state index contributed by atoms with van der Waals surface area (Å²) >= 11 is 14.0. The van der Waals surface area contributed by atoms with Gasteiger partial charge in [0.25, 0.3) is 11.8 Å². The molecule has 1 saturated heterocycles. The number of aryl methyl sites for hydroxylation is 2. The molecule has 0 spiro atoms. The van der Waals surface area contributed by atoms with Gasteiger partial charge in [0.05, 0.1) is 15.5 Å². The van der Waals surface area contributed by atoms with Crippen molar-refractivity contribution in [1.29, 1.82) is 0 Å². The zero-order valence-electron chi connectivity index (χ0n) is 13.3.